The molecule has 0 atom stereocenters. The first kappa shape index (κ1) is 22.0. The van der Waals surface area contributed by atoms with Crippen molar-refractivity contribution in [3.63, 3.8) is 0 Å². The van der Waals surface area contributed by atoms with Crippen molar-refractivity contribution < 1.29 is 28.6 Å². The number of piperidine rings is 1. The Hall–Kier alpha value is -3.20. The number of anilines is 1. The highest BCUT2D eigenvalue weighted by Gasteiger charge is 2.20. The van der Waals surface area contributed by atoms with Crippen molar-refractivity contribution in [1.82, 2.24) is 4.90 Å². The summed E-state index contributed by atoms with van der Waals surface area (Å²) in [5.74, 6) is 0.357. The number of nitrogens with one attached hydrogen (secondary N) is 1. The highest BCUT2D eigenvalue weighted by Crippen LogP contribution is 2.34. The third-order valence-corrected chi connectivity index (χ3v) is 6.23. The number of amides is 2. The van der Waals surface area contributed by atoms with Crippen LogP contribution in [-0.2, 0) is 14.3 Å². The molecule has 0 saturated carbocycles. The molecule has 4 rings (SSSR count). The van der Waals surface area contributed by atoms with Crippen molar-refractivity contribution in [1.29, 1.82) is 0 Å². The van der Waals surface area contributed by atoms with Gasteiger partial charge < -0.3 is 24.4 Å². The Morgan fingerprint density at radius 3 is 2.62 bits per heavy atom. The minimum Gasteiger partial charge on any atom is -0.454 e. The first-order chi connectivity index (χ1) is 15.6. The zero-order valence-electron chi connectivity index (χ0n) is 17.5. The van der Waals surface area contributed by atoms with Crippen molar-refractivity contribution in [2.45, 2.75) is 24.2 Å². The van der Waals surface area contributed by atoms with Crippen molar-refractivity contribution in [3.05, 3.63) is 48.0 Å². The summed E-state index contributed by atoms with van der Waals surface area (Å²) < 4.78 is 15.8. The maximum Gasteiger partial charge on any atom is 0.339 e. The fraction of sp³-hybridized carbons (Fsp3) is 0.348. The van der Waals surface area contributed by atoms with E-state index >= 15 is 0 Å². The number of thioether (sulfide) groups is 1. The quantitative estimate of drug-likeness (QED) is 0.505. The lowest BCUT2D eigenvalue weighted by Gasteiger charge is -2.26. The fourth-order valence-electron chi connectivity index (χ4n) is 3.52. The lowest BCUT2D eigenvalue weighted by molar-refractivity contribution is -0.135. The number of carbonyl (C=O) groups is 3. The smallest absolute Gasteiger partial charge is 0.339 e. The van der Waals surface area contributed by atoms with Gasteiger partial charge in [0.05, 0.1) is 11.3 Å². The molecule has 1 saturated heterocycles. The number of esters is 1. The van der Waals surface area contributed by atoms with Crippen molar-refractivity contribution in [3.8, 4) is 11.5 Å². The Labute approximate surface area is 190 Å². The molecule has 1 fully saturated rings. The molecule has 2 heterocycles. The molecule has 2 aromatic carbocycles. The topological polar surface area (TPSA) is 94.2 Å². The summed E-state index contributed by atoms with van der Waals surface area (Å²) in [4.78, 5) is 39.6. The van der Waals surface area contributed by atoms with Crippen LogP contribution in [0.1, 0.15) is 29.6 Å². The SMILES string of the molecule is O=C(CSc1ccccc1C(=O)OCC(=O)N1CCCCC1)Nc1ccc2c(c1)OCO2. The Bertz CT molecular complexity index is 1010. The normalized spacial score (nSPS) is 14.7. The number of carbonyl (C=O) groups excluding carboxylic acids is 3. The second-order valence-electron chi connectivity index (χ2n) is 7.42. The van der Waals surface area contributed by atoms with Gasteiger partial charge in [0, 0.05) is 29.7 Å². The predicted octanol–water partition coefficient (Wildman–Crippen LogP) is 3.32. The first-order valence-corrected chi connectivity index (χ1v) is 11.4. The van der Waals surface area contributed by atoms with Crippen LogP contribution in [0, 0.1) is 0 Å². The molecule has 8 nitrogen and oxygen atoms in total. The average Bonchev–Trinajstić information content (AvgIpc) is 3.29. The van der Waals surface area contributed by atoms with Crippen molar-refractivity contribution >= 4 is 35.2 Å². The van der Waals surface area contributed by atoms with Gasteiger partial charge >= 0.3 is 5.97 Å². The van der Waals surface area contributed by atoms with Crippen LogP contribution in [0.25, 0.3) is 0 Å². The maximum atomic E-state index is 12.6. The van der Waals surface area contributed by atoms with E-state index in [1.165, 1.54) is 11.8 Å². The Balaban J connectivity index is 1.30. The minimum absolute atomic E-state index is 0.103. The minimum atomic E-state index is -0.574. The molecule has 2 aromatic rings. The summed E-state index contributed by atoms with van der Waals surface area (Å²) in [6.45, 7) is 1.31. The number of ether oxygens (including phenoxy) is 3. The standard InChI is InChI=1S/C23H24N2O6S/c26-21(24-16-8-9-18-19(12-16)31-15-30-18)14-32-20-7-3-2-6-17(20)23(28)29-13-22(27)25-10-4-1-5-11-25/h2-3,6-9,12H,1,4-5,10-11,13-15H2,(H,24,26). The summed E-state index contributed by atoms with van der Waals surface area (Å²) in [6, 6.07) is 12.1. The molecule has 1 N–H and O–H groups in total. The van der Waals surface area contributed by atoms with Gasteiger partial charge in [-0.15, -0.1) is 11.8 Å². The van der Waals surface area contributed by atoms with Gasteiger partial charge in [-0.05, 0) is 43.5 Å². The summed E-state index contributed by atoms with van der Waals surface area (Å²) in [5.41, 5.74) is 0.934. The number of likely N-dealkylation sites (tertiary alicyclic amines) is 1. The number of benzene rings is 2. The van der Waals surface area contributed by atoms with Crippen LogP contribution in [0.3, 0.4) is 0 Å². The zero-order valence-corrected chi connectivity index (χ0v) is 18.3. The van der Waals surface area contributed by atoms with Gasteiger partial charge in [0.1, 0.15) is 0 Å². The number of fused-ring (bicyclic) bond motifs is 1. The second kappa shape index (κ2) is 10.4. The van der Waals surface area contributed by atoms with Gasteiger partial charge in [0.2, 0.25) is 12.7 Å². The van der Waals surface area contributed by atoms with Gasteiger partial charge in [0.15, 0.2) is 18.1 Å². The third-order valence-electron chi connectivity index (χ3n) is 5.16. The molecule has 0 unspecified atom stereocenters. The molecule has 2 amide bonds. The van der Waals surface area contributed by atoms with Gasteiger partial charge in [-0.25, -0.2) is 4.79 Å². The predicted molar refractivity (Wildman–Crippen MR) is 119 cm³/mol. The third kappa shape index (κ3) is 5.53. The number of hydrogen-bond donors (Lipinski definition) is 1. The van der Waals surface area contributed by atoms with E-state index in [4.69, 9.17) is 14.2 Å². The largest absolute Gasteiger partial charge is 0.454 e. The van der Waals surface area contributed by atoms with E-state index in [0.29, 0.717) is 40.7 Å². The molecule has 0 aromatic heterocycles. The summed E-state index contributed by atoms with van der Waals surface area (Å²) >= 11 is 1.23. The van der Waals surface area contributed by atoms with E-state index in [1.54, 1.807) is 47.4 Å². The first-order valence-electron chi connectivity index (χ1n) is 10.5. The monoisotopic (exact) mass is 456 g/mol. The van der Waals surface area contributed by atoms with Crippen LogP contribution in [-0.4, -0.2) is 54.9 Å². The molecule has 0 aliphatic carbocycles. The van der Waals surface area contributed by atoms with Gasteiger partial charge in [-0.3, -0.25) is 9.59 Å². The molecule has 0 spiro atoms. The molecular formula is C23H24N2O6S. The van der Waals surface area contributed by atoms with E-state index in [0.717, 1.165) is 19.3 Å². The van der Waals surface area contributed by atoms with Crippen molar-refractivity contribution in [2.75, 3.05) is 37.6 Å². The number of nitrogens with zero attached hydrogens (tertiary/aromatic N) is 1. The van der Waals surface area contributed by atoms with Crippen LogP contribution >= 0.6 is 11.8 Å². The molecule has 0 bridgehead atoms. The summed E-state index contributed by atoms with van der Waals surface area (Å²) in [7, 11) is 0. The zero-order chi connectivity index (χ0) is 22.3. The highest BCUT2D eigenvalue weighted by molar-refractivity contribution is 8.00. The van der Waals surface area contributed by atoms with Crippen LogP contribution in [0.15, 0.2) is 47.4 Å². The second-order valence-corrected chi connectivity index (χ2v) is 8.44. The average molecular weight is 457 g/mol. The molecule has 2 aliphatic heterocycles. The molecule has 0 radical (unpaired) electrons. The van der Waals surface area contributed by atoms with Crippen LogP contribution in [0.2, 0.25) is 0 Å². The lowest BCUT2D eigenvalue weighted by atomic mass is 10.1. The molecular weight excluding hydrogens is 432 g/mol. The maximum absolute atomic E-state index is 12.6. The van der Waals surface area contributed by atoms with Crippen molar-refractivity contribution in [2.24, 2.45) is 0 Å². The Morgan fingerprint density at radius 1 is 1.00 bits per heavy atom. The van der Waals surface area contributed by atoms with E-state index in [9.17, 15) is 14.4 Å². The fourth-order valence-corrected chi connectivity index (χ4v) is 4.36. The molecule has 9 heteroatoms. The van der Waals surface area contributed by atoms with Crippen LogP contribution < -0.4 is 14.8 Å². The van der Waals surface area contributed by atoms with Gasteiger partial charge in [0.25, 0.3) is 5.91 Å². The summed E-state index contributed by atoms with van der Waals surface area (Å²) in [5, 5.41) is 2.81. The highest BCUT2D eigenvalue weighted by atomic mass is 32.2. The van der Waals surface area contributed by atoms with E-state index in [-0.39, 0.29) is 31.0 Å². The van der Waals surface area contributed by atoms with E-state index in [2.05, 4.69) is 5.32 Å². The van der Waals surface area contributed by atoms with Crippen LogP contribution in [0.4, 0.5) is 5.69 Å². The molecule has 168 valence electrons. The van der Waals surface area contributed by atoms with E-state index < -0.39 is 5.97 Å². The van der Waals surface area contributed by atoms with E-state index in [1.807, 2.05) is 0 Å². The number of hydrogen-bond acceptors (Lipinski definition) is 7. The van der Waals surface area contributed by atoms with Crippen LogP contribution in [0.5, 0.6) is 11.5 Å². The van der Waals surface area contributed by atoms with Gasteiger partial charge in [-0.2, -0.15) is 0 Å². The van der Waals surface area contributed by atoms with Gasteiger partial charge in [-0.1, -0.05) is 12.1 Å². The Kier molecular flexibility index (Phi) is 7.16. The molecule has 32 heavy (non-hydrogen) atoms. The Morgan fingerprint density at radius 2 is 1.78 bits per heavy atom. The summed E-state index contributed by atoms with van der Waals surface area (Å²) in [6.07, 6.45) is 3.08. The number of rotatable bonds is 7. The lowest BCUT2D eigenvalue weighted by Crippen LogP contribution is -2.38. The molecule has 2 aliphatic rings.